The Morgan fingerprint density at radius 3 is 2.81 bits per heavy atom. The number of carbonyl (C=O) groups is 1. The molecule has 0 saturated heterocycles. The normalized spacial score (nSPS) is 12.4. The van der Waals surface area contributed by atoms with Gasteiger partial charge in [-0.3, -0.25) is 0 Å². The predicted octanol–water partition coefficient (Wildman–Crippen LogP) is 0.793. The van der Waals surface area contributed by atoms with E-state index in [9.17, 15) is 4.79 Å². The van der Waals surface area contributed by atoms with Crippen LogP contribution in [0.1, 0.15) is 10.4 Å². The van der Waals surface area contributed by atoms with Gasteiger partial charge in [0, 0.05) is 6.07 Å². The molecule has 86 valence electrons. The number of nitrogens with two attached hydrogens (primary N) is 1. The Morgan fingerprint density at radius 2 is 2.19 bits per heavy atom. The van der Waals surface area contributed by atoms with Crippen molar-refractivity contribution in [3.63, 3.8) is 0 Å². The number of anilines is 1. The van der Waals surface area contributed by atoms with E-state index in [0.29, 0.717) is 11.5 Å². The summed E-state index contributed by atoms with van der Waals surface area (Å²) >= 11 is 0. The first-order valence-electron chi connectivity index (χ1n) is 4.53. The SMILES string of the molecule is COC(=O)c1cc2c(c(OC)c1N)OCO2. The number of carbonyl (C=O) groups excluding carboxylic acids is 1. The lowest BCUT2D eigenvalue weighted by atomic mass is 10.1. The Bertz CT molecular complexity index is 443. The highest BCUT2D eigenvalue weighted by Gasteiger charge is 2.26. The fourth-order valence-corrected chi connectivity index (χ4v) is 1.51. The molecule has 0 saturated carbocycles. The summed E-state index contributed by atoms with van der Waals surface area (Å²) < 4.78 is 20.0. The largest absolute Gasteiger partial charge is 0.491 e. The van der Waals surface area contributed by atoms with E-state index in [1.54, 1.807) is 0 Å². The van der Waals surface area contributed by atoms with Crippen molar-refractivity contribution in [2.24, 2.45) is 0 Å². The number of nitrogen functional groups attached to an aromatic ring is 1. The Balaban J connectivity index is 2.60. The molecule has 0 bridgehead atoms. The van der Waals surface area contributed by atoms with E-state index in [1.807, 2.05) is 0 Å². The molecule has 16 heavy (non-hydrogen) atoms. The van der Waals surface area contributed by atoms with Crippen molar-refractivity contribution in [3.8, 4) is 17.2 Å². The van der Waals surface area contributed by atoms with Gasteiger partial charge in [0.25, 0.3) is 0 Å². The lowest BCUT2D eigenvalue weighted by Crippen LogP contribution is -2.07. The Morgan fingerprint density at radius 1 is 1.44 bits per heavy atom. The van der Waals surface area contributed by atoms with Crippen LogP contribution in [0.4, 0.5) is 5.69 Å². The maximum absolute atomic E-state index is 11.4. The van der Waals surface area contributed by atoms with Gasteiger partial charge < -0.3 is 24.7 Å². The molecular formula is C10H11NO5. The number of fused-ring (bicyclic) bond motifs is 1. The van der Waals surface area contributed by atoms with Crippen LogP contribution in [0.5, 0.6) is 17.2 Å². The number of benzene rings is 1. The Kier molecular flexibility index (Phi) is 2.47. The third kappa shape index (κ3) is 1.39. The molecule has 0 radical (unpaired) electrons. The summed E-state index contributed by atoms with van der Waals surface area (Å²) in [6.07, 6.45) is 0. The maximum Gasteiger partial charge on any atom is 0.340 e. The monoisotopic (exact) mass is 225 g/mol. The van der Waals surface area contributed by atoms with Crippen molar-refractivity contribution in [1.29, 1.82) is 0 Å². The zero-order chi connectivity index (χ0) is 11.7. The van der Waals surface area contributed by atoms with E-state index in [4.69, 9.17) is 19.9 Å². The van der Waals surface area contributed by atoms with Gasteiger partial charge in [-0.25, -0.2) is 4.79 Å². The highest BCUT2D eigenvalue weighted by molar-refractivity contribution is 5.98. The molecule has 1 heterocycles. The Labute approximate surface area is 91.8 Å². The molecule has 1 aromatic carbocycles. The summed E-state index contributed by atoms with van der Waals surface area (Å²) in [7, 11) is 2.72. The molecule has 0 unspecified atom stereocenters. The van der Waals surface area contributed by atoms with Gasteiger partial charge in [0.15, 0.2) is 11.5 Å². The van der Waals surface area contributed by atoms with Crippen LogP contribution in [0.2, 0.25) is 0 Å². The van der Waals surface area contributed by atoms with Gasteiger partial charge in [0.2, 0.25) is 12.5 Å². The molecular weight excluding hydrogens is 214 g/mol. The van der Waals surface area contributed by atoms with Crippen LogP contribution in [0.3, 0.4) is 0 Å². The minimum absolute atomic E-state index is 0.0791. The minimum atomic E-state index is -0.547. The van der Waals surface area contributed by atoms with E-state index >= 15 is 0 Å². The molecule has 2 rings (SSSR count). The number of esters is 1. The van der Waals surface area contributed by atoms with Crippen molar-refractivity contribution in [1.82, 2.24) is 0 Å². The summed E-state index contributed by atoms with van der Waals surface area (Å²) in [5, 5.41) is 0. The standard InChI is InChI=1S/C10H11NO5/c1-13-9-7(11)5(10(12)14-2)3-6-8(9)16-4-15-6/h3H,4,11H2,1-2H3. The summed E-state index contributed by atoms with van der Waals surface area (Å²) in [4.78, 5) is 11.4. The molecule has 0 aliphatic carbocycles. The molecule has 1 aliphatic rings. The topological polar surface area (TPSA) is 80.0 Å². The van der Waals surface area contributed by atoms with Crippen LogP contribution in [0, 0.1) is 0 Å². The molecule has 1 aromatic rings. The number of methoxy groups -OCH3 is 2. The van der Waals surface area contributed by atoms with Crippen LogP contribution in [0.25, 0.3) is 0 Å². The predicted molar refractivity (Wildman–Crippen MR) is 54.9 cm³/mol. The first kappa shape index (κ1) is 10.4. The quantitative estimate of drug-likeness (QED) is 0.592. The van der Waals surface area contributed by atoms with E-state index in [0.717, 1.165) is 0 Å². The van der Waals surface area contributed by atoms with Crippen molar-refractivity contribution < 1.29 is 23.7 Å². The fraction of sp³-hybridized carbons (Fsp3) is 0.300. The molecule has 0 aromatic heterocycles. The second-order valence-electron chi connectivity index (χ2n) is 3.10. The zero-order valence-corrected chi connectivity index (χ0v) is 8.90. The third-order valence-electron chi connectivity index (χ3n) is 2.27. The highest BCUT2D eigenvalue weighted by atomic mass is 16.7. The lowest BCUT2D eigenvalue weighted by Gasteiger charge is -2.11. The van der Waals surface area contributed by atoms with Gasteiger partial charge in [-0.2, -0.15) is 0 Å². The average molecular weight is 225 g/mol. The van der Waals surface area contributed by atoms with Crippen LogP contribution in [-0.2, 0) is 4.74 Å². The minimum Gasteiger partial charge on any atom is -0.491 e. The first-order chi connectivity index (χ1) is 7.69. The second-order valence-corrected chi connectivity index (χ2v) is 3.10. The van der Waals surface area contributed by atoms with Crippen LogP contribution < -0.4 is 19.9 Å². The molecule has 0 atom stereocenters. The molecule has 2 N–H and O–H groups in total. The van der Waals surface area contributed by atoms with Gasteiger partial charge >= 0.3 is 5.97 Å². The van der Waals surface area contributed by atoms with Crippen LogP contribution in [-0.4, -0.2) is 27.0 Å². The van der Waals surface area contributed by atoms with Crippen LogP contribution in [0.15, 0.2) is 6.07 Å². The van der Waals surface area contributed by atoms with Gasteiger partial charge in [0.05, 0.1) is 25.5 Å². The van der Waals surface area contributed by atoms with Crippen molar-refractivity contribution >= 4 is 11.7 Å². The van der Waals surface area contributed by atoms with E-state index in [-0.39, 0.29) is 23.8 Å². The lowest BCUT2D eigenvalue weighted by molar-refractivity contribution is 0.0601. The summed E-state index contributed by atoms with van der Waals surface area (Å²) in [6.45, 7) is 0.0791. The van der Waals surface area contributed by atoms with Gasteiger partial charge in [0.1, 0.15) is 0 Å². The molecule has 6 heteroatoms. The number of ether oxygens (including phenoxy) is 4. The number of hydrogen-bond donors (Lipinski definition) is 1. The smallest absolute Gasteiger partial charge is 0.340 e. The fourth-order valence-electron chi connectivity index (χ4n) is 1.51. The average Bonchev–Trinajstić information content (AvgIpc) is 2.75. The molecule has 0 amide bonds. The van der Waals surface area contributed by atoms with Gasteiger partial charge in [-0.15, -0.1) is 0 Å². The number of rotatable bonds is 2. The van der Waals surface area contributed by atoms with Crippen LogP contribution >= 0.6 is 0 Å². The number of hydrogen-bond acceptors (Lipinski definition) is 6. The third-order valence-corrected chi connectivity index (χ3v) is 2.27. The van der Waals surface area contributed by atoms with Gasteiger partial charge in [-0.1, -0.05) is 0 Å². The molecule has 0 spiro atoms. The van der Waals surface area contributed by atoms with Crippen molar-refractivity contribution in [3.05, 3.63) is 11.6 Å². The summed E-state index contributed by atoms with van der Waals surface area (Å²) in [5.41, 5.74) is 6.16. The maximum atomic E-state index is 11.4. The van der Waals surface area contributed by atoms with Gasteiger partial charge in [-0.05, 0) is 0 Å². The summed E-state index contributed by atoms with van der Waals surface area (Å²) in [6, 6.07) is 1.48. The van der Waals surface area contributed by atoms with E-state index in [1.165, 1.54) is 20.3 Å². The van der Waals surface area contributed by atoms with Crippen molar-refractivity contribution in [2.45, 2.75) is 0 Å². The first-order valence-corrected chi connectivity index (χ1v) is 4.53. The van der Waals surface area contributed by atoms with E-state index in [2.05, 4.69) is 4.74 Å². The van der Waals surface area contributed by atoms with E-state index < -0.39 is 5.97 Å². The molecule has 6 nitrogen and oxygen atoms in total. The molecule has 0 fully saturated rings. The van der Waals surface area contributed by atoms with Crippen molar-refractivity contribution in [2.75, 3.05) is 26.7 Å². The zero-order valence-electron chi connectivity index (χ0n) is 8.90. The highest BCUT2D eigenvalue weighted by Crippen LogP contribution is 2.46. The molecule has 1 aliphatic heterocycles. The second kappa shape index (κ2) is 3.80. The Hall–Kier alpha value is -2.11. The summed E-state index contributed by atoms with van der Waals surface area (Å²) in [5.74, 6) is 0.573.